The lowest BCUT2D eigenvalue weighted by molar-refractivity contribution is 0.0641. The quantitative estimate of drug-likeness (QED) is 0.370. The van der Waals surface area contributed by atoms with Crippen molar-refractivity contribution in [2.75, 3.05) is 32.8 Å². The summed E-state index contributed by atoms with van der Waals surface area (Å²) in [6.45, 7) is 12.5. The van der Waals surface area contributed by atoms with Gasteiger partial charge in [-0.3, -0.25) is 9.80 Å². The number of H-pyrrole nitrogens is 1. The van der Waals surface area contributed by atoms with Gasteiger partial charge in [-0.05, 0) is 57.2 Å². The number of aromatic nitrogens is 1. The van der Waals surface area contributed by atoms with Gasteiger partial charge in [-0.2, -0.15) is 0 Å². The van der Waals surface area contributed by atoms with Crippen molar-refractivity contribution in [3.05, 3.63) is 64.4 Å². The van der Waals surface area contributed by atoms with Gasteiger partial charge in [0.2, 0.25) is 0 Å². The van der Waals surface area contributed by atoms with Crippen LogP contribution in [0.1, 0.15) is 62.5 Å². The second-order valence-corrected chi connectivity index (χ2v) is 11.6. The maximum atomic E-state index is 15.7. The maximum absolute atomic E-state index is 15.7. The van der Waals surface area contributed by atoms with Crippen molar-refractivity contribution in [1.29, 1.82) is 0 Å². The van der Waals surface area contributed by atoms with Crippen molar-refractivity contribution >= 4 is 10.9 Å². The van der Waals surface area contributed by atoms with Crippen molar-refractivity contribution in [3.8, 4) is 5.75 Å². The number of nitrogens with one attached hydrogen (secondary N) is 1. The summed E-state index contributed by atoms with van der Waals surface area (Å²) in [5.74, 6) is -0.430. The predicted molar refractivity (Wildman–Crippen MR) is 142 cm³/mol. The molecule has 0 radical (unpaired) electrons. The van der Waals surface area contributed by atoms with E-state index < -0.39 is 23.3 Å². The fourth-order valence-electron chi connectivity index (χ4n) is 5.98. The third-order valence-corrected chi connectivity index (χ3v) is 7.94. The Labute approximate surface area is 217 Å². The standard InChI is InChI=1S/C30H38F3N3O/c1-6-20-15-35(16-20)9-10-37-21-13-24(31)27(25(32)14-21)29-28-23(12-19(3)36(29)17-30(4,5)33)22-8-7-18(2)11-26(22)34-28/h7-8,11,13-14,19-20,29,34H,6,9-10,12,15-17H2,1-5H3. The number of nitrogens with zero attached hydrogens (tertiary/aromatic N) is 2. The van der Waals surface area contributed by atoms with Gasteiger partial charge in [0, 0.05) is 66.5 Å². The summed E-state index contributed by atoms with van der Waals surface area (Å²) in [5.41, 5.74) is 2.20. The summed E-state index contributed by atoms with van der Waals surface area (Å²) < 4.78 is 52.2. The third kappa shape index (κ3) is 5.26. The zero-order valence-electron chi connectivity index (χ0n) is 22.5. The topological polar surface area (TPSA) is 31.5 Å². The molecule has 7 heteroatoms. The normalized spacial score (nSPS) is 21.3. The monoisotopic (exact) mass is 513 g/mol. The van der Waals surface area contributed by atoms with E-state index in [4.69, 9.17) is 4.74 Å². The van der Waals surface area contributed by atoms with Crippen LogP contribution in [-0.2, 0) is 6.42 Å². The van der Waals surface area contributed by atoms with Crippen LogP contribution in [0.25, 0.3) is 10.9 Å². The maximum Gasteiger partial charge on any atom is 0.135 e. The SMILES string of the molecule is CCC1CN(CCOc2cc(F)c(C3c4[nH]c5cc(C)ccc5c4CC(C)N3CC(C)(C)F)c(F)c2)C1. The summed E-state index contributed by atoms with van der Waals surface area (Å²) in [7, 11) is 0. The average Bonchev–Trinajstić information content (AvgIpc) is 3.12. The predicted octanol–water partition coefficient (Wildman–Crippen LogP) is 6.56. The molecule has 2 aliphatic heterocycles. The number of aryl methyl sites for hydroxylation is 1. The molecule has 2 atom stereocenters. The van der Waals surface area contributed by atoms with Gasteiger partial charge in [0.25, 0.3) is 0 Å². The number of hydrogen-bond acceptors (Lipinski definition) is 3. The Morgan fingerprint density at radius 3 is 2.46 bits per heavy atom. The summed E-state index contributed by atoms with van der Waals surface area (Å²) in [6.07, 6.45) is 1.84. The van der Waals surface area contributed by atoms with Crippen LogP contribution in [0.5, 0.6) is 5.75 Å². The molecule has 37 heavy (non-hydrogen) atoms. The zero-order chi connectivity index (χ0) is 26.5. The first kappa shape index (κ1) is 26.1. The largest absolute Gasteiger partial charge is 0.492 e. The highest BCUT2D eigenvalue weighted by atomic mass is 19.1. The summed E-state index contributed by atoms with van der Waals surface area (Å²) in [4.78, 5) is 7.62. The van der Waals surface area contributed by atoms with Crippen LogP contribution in [-0.4, -0.2) is 59.3 Å². The van der Waals surface area contributed by atoms with E-state index in [0.717, 1.165) is 53.3 Å². The second kappa shape index (κ2) is 9.99. The molecule has 2 aromatic carbocycles. The Balaban J connectivity index is 1.48. The Kier molecular flexibility index (Phi) is 7.05. The molecule has 1 fully saturated rings. The number of aromatic amines is 1. The van der Waals surface area contributed by atoms with E-state index in [1.54, 1.807) is 0 Å². The molecule has 1 N–H and O–H groups in total. The molecular formula is C30H38F3N3O. The molecule has 0 amide bonds. The average molecular weight is 514 g/mol. The number of likely N-dealkylation sites (tertiary alicyclic amines) is 1. The lowest BCUT2D eigenvalue weighted by Crippen LogP contribution is -2.48. The minimum atomic E-state index is -1.53. The minimum absolute atomic E-state index is 0.0540. The highest BCUT2D eigenvalue weighted by Gasteiger charge is 2.41. The molecule has 4 nitrogen and oxygen atoms in total. The van der Waals surface area contributed by atoms with Crippen LogP contribution in [0.3, 0.4) is 0 Å². The van der Waals surface area contributed by atoms with Crippen molar-refractivity contribution in [2.24, 2.45) is 5.92 Å². The number of halogens is 3. The number of benzene rings is 2. The van der Waals surface area contributed by atoms with Crippen LogP contribution < -0.4 is 4.74 Å². The highest BCUT2D eigenvalue weighted by molar-refractivity contribution is 5.86. The van der Waals surface area contributed by atoms with Crippen molar-refractivity contribution in [3.63, 3.8) is 0 Å². The molecule has 3 aromatic rings. The molecule has 0 spiro atoms. The Hall–Kier alpha value is -2.51. The van der Waals surface area contributed by atoms with Gasteiger partial charge < -0.3 is 9.72 Å². The van der Waals surface area contributed by atoms with E-state index >= 15 is 8.78 Å². The highest BCUT2D eigenvalue weighted by Crippen LogP contribution is 2.44. The molecule has 0 bridgehead atoms. The minimum Gasteiger partial charge on any atom is -0.492 e. The molecule has 5 rings (SSSR count). The smallest absolute Gasteiger partial charge is 0.135 e. The second-order valence-electron chi connectivity index (χ2n) is 11.6. The van der Waals surface area contributed by atoms with Crippen LogP contribution in [0.2, 0.25) is 0 Å². The molecule has 0 saturated carbocycles. The molecule has 3 heterocycles. The van der Waals surface area contributed by atoms with E-state index in [2.05, 4.69) is 22.9 Å². The van der Waals surface area contributed by atoms with Crippen LogP contribution in [0.4, 0.5) is 13.2 Å². The fraction of sp³-hybridized carbons (Fsp3) is 0.533. The third-order valence-electron chi connectivity index (χ3n) is 7.94. The fourth-order valence-corrected chi connectivity index (χ4v) is 5.98. The first-order valence-electron chi connectivity index (χ1n) is 13.4. The van der Waals surface area contributed by atoms with Crippen LogP contribution >= 0.6 is 0 Å². The van der Waals surface area contributed by atoms with E-state index in [9.17, 15) is 4.39 Å². The lowest BCUT2D eigenvalue weighted by Gasteiger charge is -2.43. The van der Waals surface area contributed by atoms with E-state index in [-0.39, 0.29) is 23.9 Å². The van der Waals surface area contributed by atoms with Crippen LogP contribution in [0.15, 0.2) is 30.3 Å². The van der Waals surface area contributed by atoms with Crippen molar-refractivity contribution in [2.45, 2.75) is 65.2 Å². The van der Waals surface area contributed by atoms with Gasteiger partial charge in [-0.25, -0.2) is 13.2 Å². The van der Waals surface area contributed by atoms with Gasteiger partial charge in [0.15, 0.2) is 0 Å². The Morgan fingerprint density at radius 2 is 1.81 bits per heavy atom. The van der Waals surface area contributed by atoms with Gasteiger partial charge in [-0.15, -0.1) is 0 Å². The van der Waals surface area contributed by atoms with Gasteiger partial charge in [0.1, 0.15) is 29.7 Å². The summed E-state index contributed by atoms with van der Waals surface area (Å²) >= 11 is 0. The van der Waals surface area contributed by atoms with Crippen LogP contribution in [0, 0.1) is 24.5 Å². The van der Waals surface area contributed by atoms with Gasteiger partial charge in [0.05, 0.1) is 6.04 Å². The molecular weight excluding hydrogens is 475 g/mol. The Morgan fingerprint density at radius 1 is 1.11 bits per heavy atom. The molecule has 200 valence electrons. The zero-order valence-corrected chi connectivity index (χ0v) is 22.5. The first-order chi connectivity index (χ1) is 17.5. The molecule has 0 aliphatic carbocycles. The van der Waals surface area contributed by atoms with Crippen molar-refractivity contribution < 1.29 is 17.9 Å². The number of ether oxygens (including phenoxy) is 1. The molecule has 2 unspecified atom stereocenters. The number of hydrogen-bond donors (Lipinski definition) is 1. The van der Waals surface area contributed by atoms with Gasteiger partial charge in [-0.1, -0.05) is 25.5 Å². The first-order valence-corrected chi connectivity index (χ1v) is 13.4. The Bertz CT molecular complexity index is 1250. The molecule has 1 saturated heterocycles. The van der Waals surface area contributed by atoms with E-state index in [1.165, 1.54) is 32.4 Å². The van der Waals surface area contributed by atoms with E-state index in [0.29, 0.717) is 13.0 Å². The number of rotatable bonds is 8. The number of fused-ring (bicyclic) bond motifs is 3. The van der Waals surface area contributed by atoms with Crippen molar-refractivity contribution in [1.82, 2.24) is 14.8 Å². The summed E-state index contributed by atoms with van der Waals surface area (Å²) in [6, 6.07) is 7.81. The molecule has 2 aliphatic rings. The molecule has 1 aromatic heterocycles. The van der Waals surface area contributed by atoms with E-state index in [1.807, 2.05) is 30.9 Å². The number of alkyl halides is 1. The lowest BCUT2D eigenvalue weighted by atomic mass is 9.87. The van der Waals surface area contributed by atoms with Gasteiger partial charge >= 0.3 is 0 Å². The summed E-state index contributed by atoms with van der Waals surface area (Å²) in [5, 5.41) is 1.05.